The van der Waals surface area contributed by atoms with Crippen molar-refractivity contribution < 1.29 is 13.9 Å². The van der Waals surface area contributed by atoms with Crippen LogP contribution in [0.25, 0.3) is 10.3 Å². The smallest absolute Gasteiger partial charge is 0.234 e. The number of carbonyl (C=O) groups is 1. The second kappa shape index (κ2) is 8.38. The van der Waals surface area contributed by atoms with Crippen molar-refractivity contribution in [2.24, 2.45) is 0 Å². The van der Waals surface area contributed by atoms with Gasteiger partial charge in [-0.05, 0) is 24.6 Å². The number of fused-ring (bicyclic) bond motifs is 1. The van der Waals surface area contributed by atoms with E-state index in [0.717, 1.165) is 22.9 Å². The van der Waals surface area contributed by atoms with Gasteiger partial charge in [0.15, 0.2) is 10.8 Å². The van der Waals surface area contributed by atoms with E-state index in [2.05, 4.69) is 25.2 Å². The fourth-order valence-corrected chi connectivity index (χ4v) is 4.66. The summed E-state index contributed by atoms with van der Waals surface area (Å²) < 4.78 is 19.9. The van der Waals surface area contributed by atoms with Gasteiger partial charge in [-0.2, -0.15) is 4.98 Å². The molecular formula is C18H18FN5O2S2. The molecular weight excluding hydrogens is 401 g/mol. The number of nitrogens with zero attached hydrogens (tertiary/aromatic N) is 4. The highest BCUT2D eigenvalue weighted by Crippen LogP contribution is 2.34. The third kappa shape index (κ3) is 4.23. The number of rotatable bonds is 5. The van der Waals surface area contributed by atoms with E-state index in [4.69, 9.17) is 4.74 Å². The molecule has 7 nitrogen and oxygen atoms in total. The number of thioether (sulfide) groups is 1. The molecule has 4 rings (SSSR count). The summed E-state index contributed by atoms with van der Waals surface area (Å²) in [5.74, 6) is -0.409. The molecule has 1 aliphatic rings. The molecule has 1 saturated heterocycles. The first-order valence-electron chi connectivity index (χ1n) is 8.73. The van der Waals surface area contributed by atoms with Gasteiger partial charge in [0.1, 0.15) is 21.9 Å². The number of halogens is 1. The highest BCUT2D eigenvalue weighted by atomic mass is 32.2. The average Bonchev–Trinajstić information content (AvgIpc) is 3.15. The van der Waals surface area contributed by atoms with Crippen LogP contribution in [-0.4, -0.2) is 52.9 Å². The first kappa shape index (κ1) is 19.0. The quantitative estimate of drug-likeness (QED) is 0.503. The Labute approximate surface area is 169 Å². The van der Waals surface area contributed by atoms with Crippen LogP contribution >= 0.6 is 23.1 Å². The second-order valence-corrected chi connectivity index (χ2v) is 8.17. The summed E-state index contributed by atoms with van der Waals surface area (Å²) in [6.45, 7) is 4.64. The molecule has 146 valence electrons. The minimum absolute atomic E-state index is 0.159. The number of amides is 1. The Bertz CT molecular complexity index is 1010. The molecule has 0 atom stereocenters. The maximum atomic E-state index is 13.6. The summed E-state index contributed by atoms with van der Waals surface area (Å²) in [6.07, 6.45) is 1.46. The molecule has 0 radical (unpaired) electrons. The minimum Gasteiger partial charge on any atom is -0.378 e. The summed E-state index contributed by atoms with van der Waals surface area (Å²) in [6, 6.07) is 4.64. The van der Waals surface area contributed by atoms with Crippen LogP contribution in [0.1, 0.15) is 5.56 Å². The fourth-order valence-electron chi connectivity index (χ4n) is 2.72. The maximum absolute atomic E-state index is 13.6. The third-order valence-corrected chi connectivity index (χ3v) is 6.46. The van der Waals surface area contributed by atoms with Crippen LogP contribution in [-0.2, 0) is 9.53 Å². The first-order chi connectivity index (χ1) is 13.6. The van der Waals surface area contributed by atoms with Gasteiger partial charge < -0.3 is 15.0 Å². The van der Waals surface area contributed by atoms with Gasteiger partial charge in [-0.3, -0.25) is 4.79 Å². The largest absolute Gasteiger partial charge is 0.378 e. The summed E-state index contributed by atoms with van der Waals surface area (Å²) in [5.41, 5.74) is 1.61. The Balaban J connectivity index is 1.44. The zero-order chi connectivity index (χ0) is 19.5. The van der Waals surface area contributed by atoms with Crippen molar-refractivity contribution in [3.05, 3.63) is 35.9 Å². The SMILES string of the molecule is Cc1ccc(NC(=O)CSc2ncnc3nc(N4CCOCC4)sc23)cc1F. The van der Waals surface area contributed by atoms with Crippen LogP contribution in [0.5, 0.6) is 0 Å². The van der Waals surface area contributed by atoms with Crippen molar-refractivity contribution in [2.45, 2.75) is 11.9 Å². The molecule has 0 saturated carbocycles. The molecule has 0 bridgehead atoms. The number of aryl methyl sites for hydroxylation is 1. The number of aromatic nitrogens is 3. The van der Waals surface area contributed by atoms with Crippen LogP contribution in [0.15, 0.2) is 29.6 Å². The standard InChI is InChI=1S/C18H18FN5O2S2/c1-11-2-3-12(8-13(11)19)22-14(25)9-27-17-15-16(20-10-21-17)23-18(28-15)24-4-6-26-7-5-24/h2-3,8,10H,4-7,9H2,1H3,(H,22,25). The molecule has 1 aromatic carbocycles. The molecule has 3 heterocycles. The lowest BCUT2D eigenvalue weighted by Crippen LogP contribution is -2.36. The molecule has 3 aromatic rings. The summed E-state index contributed by atoms with van der Waals surface area (Å²) in [4.78, 5) is 27.6. The van der Waals surface area contributed by atoms with E-state index in [1.54, 1.807) is 19.1 Å². The fraction of sp³-hybridized carbons (Fsp3) is 0.333. The topological polar surface area (TPSA) is 80.2 Å². The first-order valence-corrected chi connectivity index (χ1v) is 10.5. The van der Waals surface area contributed by atoms with Gasteiger partial charge in [0.05, 0.1) is 19.0 Å². The Morgan fingerprint density at radius 3 is 2.96 bits per heavy atom. The number of ether oxygens (including phenoxy) is 1. The van der Waals surface area contributed by atoms with Gasteiger partial charge in [0, 0.05) is 18.8 Å². The van der Waals surface area contributed by atoms with Crippen LogP contribution in [0, 0.1) is 12.7 Å². The van der Waals surface area contributed by atoms with Crippen molar-refractivity contribution in [1.29, 1.82) is 0 Å². The van der Waals surface area contributed by atoms with Crippen molar-refractivity contribution in [2.75, 3.05) is 42.3 Å². The van der Waals surface area contributed by atoms with Crippen molar-refractivity contribution >= 4 is 50.2 Å². The molecule has 1 amide bonds. The number of morpholine rings is 1. The Hall–Kier alpha value is -2.30. The molecule has 0 unspecified atom stereocenters. The van der Waals surface area contributed by atoms with Gasteiger partial charge >= 0.3 is 0 Å². The van der Waals surface area contributed by atoms with Gasteiger partial charge in [0.25, 0.3) is 0 Å². The minimum atomic E-state index is -0.344. The highest BCUT2D eigenvalue weighted by Gasteiger charge is 2.18. The van der Waals surface area contributed by atoms with E-state index in [0.29, 0.717) is 35.1 Å². The Morgan fingerprint density at radius 2 is 2.18 bits per heavy atom. The number of benzene rings is 1. The maximum Gasteiger partial charge on any atom is 0.234 e. The van der Waals surface area contributed by atoms with Gasteiger partial charge in [-0.25, -0.2) is 14.4 Å². The van der Waals surface area contributed by atoms with Gasteiger partial charge in [-0.15, -0.1) is 0 Å². The number of hydrogen-bond donors (Lipinski definition) is 1. The van der Waals surface area contributed by atoms with E-state index in [-0.39, 0.29) is 17.5 Å². The number of hydrogen-bond acceptors (Lipinski definition) is 8. The normalized spacial score (nSPS) is 14.4. The van der Waals surface area contributed by atoms with E-state index in [9.17, 15) is 9.18 Å². The van der Waals surface area contributed by atoms with E-state index >= 15 is 0 Å². The van der Waals surface area contributed by atoms with Crippen molar-refractivity contribution in [3.63, 3.8) is 0 Å². The van der Waals surface area contributed by atoms with Crippen LogP contribution < -0.4 is 10.2 Å². The predicted octanol–water partition coefficient (Wildman–Crippen LogP) is 3.10. The molecule has 1 N–H and O–H groups in total. The lowest BCUT2D eigenvalue weighted by atomic mass is 10.2. The number of nitrogens with one attached hydrogen (secondary N) is 1. The van der Waals surface area contributed by atoms with E-state index in [1.165, 1.54) is 35.5 Å². The average molecular weight is 420 g/mol. The lowest BCUT2D eigenvalue weighted by Gasteiger charge is -2.25. The summed E-state index contributed by atoms with van der Waals surface area (Å²) in [7, 11) is 0. The third-order valence-electron chi connectivity index (χ3n) is 4.22. The molecule has 1 fully saturated rings. The predicted molar refractivity (Wildman–Crippen MR) is 109 cm³/mol. The molecule has 2 aromatic heterocycles. The molecule has 0 spiro atoms. The van der Waals surface area contributed by atoms with Crippen LogP contribution in [0.2, 0.25) is 0 Å². The van der Waals surface area contributed by atoms with Gasteiger partial charge in [-0.1, -0.05) is 29.2 Å². The van der Waals surface area contributed by atoms with Crippen molar-refractivity contribution in [3.8, 4) is 0 Å². The molecule has 10 heteroatoms. The second-order valence-electron chi connectivity index (χ2n) is 6.23. The van der Waals surface area contributed by atoms with Crippen LogP contribution in [0.4, 0.5) is 15.2 Å². The molecule has 1 aliphatic heterocycles. The van der Waals surface area contributed by atoms with Crippen molar-refractivity contribution in [1.82, 2.24) is 15.0 Å². The van der Waals surface area contributed by atoms with Crippen LogP contribution in [0.3, 0.4) is 0 Å². The number of thiazole rings is 1. The number of carbonyl (C=O) groups excluding carboxylic acids is 1. The Kier molecular flexibility index (Phi) is 5.69. The molecule has 0 aliphatic carbocycles. The number of anilines is 2. The monoisotopic (exact) mass is 419 g/mol. The highest BCUT2D eigenvalue weighted by molar-refractivity contribution is 8.00. The lowest BCUT2D eigenvalue weighted by molar-refractivity contribution is -0.113. The van der Waals surface area contributed by atoms with E-state index in [1.807, 2.05) is 0 Å². The van der Waals surface area contributed by atoms with Gasteiger partial charge in [0.2, 0.25) is 5.91 Å². The zero-order valence-corrected chi connectivity index (χ0v) is 16.8. The van der Waals surface area contributed by atoms with E-state index < -0.39 is 0 Å². The summed E-state index contributed by atoms with van der Waals surface area (Å²) >= 11 is 2.84. The molecule has 28 heavy (non-hydrogen) atoms. The summed E-state index contributed by atoms with van der Waals surface area (Å²) in [5, 5.41) is 4.31. The Morgan fingerprint density at radius 1 is 1.36 bits per heavy atom. The zero-order valence-electron chi connectivity index (χ0n) is 15.1.